The van der Waals surface area contributed by atoms with Crippen LogP contribution >= 0.6 is 57.9 Å². The van der Waals surface area contributed by atoms with Gasteiger partial charge in [-0.3, -0.25) is 5.32 Å². The molecule has 0 radical (unpaired) electrons. The van der Waals surface area contributed by atoms with E-state index in [1.165, 1.54) is 16.9 Å². The number of thioether (sulfide) groups is 1. The molecule has 4 rings (SSSR count). The molecule has 0 bridgehead atoms. The smallest absolute Gasteiger partial charge is 0.308 e. The number of urea groups is 1. The third kappa shape index (κ3) is 5.94. The third-order valence-corrected chi connectivity index (χ3v) is 7.26. The molecule has 162 valence electrons. The fourth-order valence-electron chi connectivity index (χ4n) is 2.73. The van der Waals surface area contributed by atoms with E-state index in [1.54, 1.807) is 30.0 Å². The van der Waals surface area contributed by atoms with Crippen molar-refractivity contribution in [1.82, 2.24) is 10.2 Å². The third-order valence-electron chi connectivity index (χ3n) is 4.25. The maximum Gasteiger partial charge on any atom is 0.325 e. The number of nitrogens with one attached hydrogen (secondary N) is 2. The van der Waals surface area contributed by atoms with Crippen LogP contribution in [0.15, 0.2) is 71.6 Å². The van der Waals surface area contributed by atoms with Crippen LogP contribution in [-0.4, -0.2) is 16.2 Å². The number of aromatic nitrogens is 2. The number of halogens is 3. The van der Waals surface area contributed by atoms with Gasteiger partial charge in [0.1, 0.15) is 0 Å². The minimum absolute atomic E-state index is 0.357. The van der Waals surface area contributed by atoms with Gasteiger partial charge in [0.2, 0.25) is 5.13 Å². The second-order valence-electron chi connectivity index (χ2n) is 6.53. The van der Waals surface area contributed by atoms with Crippen molar-refractivity contribution >= 4 is 74.8 Å². The van der Waals surface area contributed by atoms with Crippen LogP contribution in [0.4, 0.5) is 15.6 Å². The Bertz CT molecular complexity index is 1250. The van der Waals surface area contributed by atoms with E-state index in [0.29, 0.717) is 25.9 Å². The summed E-state index contributed by atoms with van der Waals surface area (Å²) in [5, 5.41) is 16.3. The van der Waals surface area contributed by atoms with E-state index in [-0.39, 0.29) is 0 Å². The van der Waals surface area contributed by atoms with E-state index in [0.717, 1.165) is 21.2 Å². The Hall–Kier alpha value is -2.29. The Labute approximate surface area is 208 Å². The number of carbonyl (C=O) groups excluding carboxylic acids is 1. The second-order valence-corrected chi connectivity index (χ2v) is 9.78. The van der Waals surface area contributed by atoms with Gasteiger partial charge in [-0.1, -0.05) is 76.5 Å². The molecule has 2 amide bonds. The van der Waals surface area contributed by atoms with Crippen molar-refractivity contribution in [3.05, 3.63) is 87.4 Å². The zero-order valence-electron chi connectivity index (χ0n) is 16.3. The Kier molecular flexibility index (Phi) is 7.55. The van der Waals surface area contributed by atoms with Gasteiger partial charge >= 0.3 is 6.03 Å². The van der Waals surface area contributed by atoms with Crippen molar-refractivity contribution in [2.75, 3.05) is 10.6 Å². The molecular formula is C22H15Cl3N4OS2. The molecule has 1 heterocycles. The molecule has 0 saturated carbocycles. The van der Waals surface area contributed by atoms with Crippen LogP contribution < -0.4 is 10.6 Å². The Morgan fingerprint density at radius 1 is 0.906 bits per heavy atom. The molecule has 0 fully saturated rings. The molecule has 32 heavy (non-hydrogen) atoms. The lowest BCUT2D eigenvalue weighted by Crippen LogP contribution is -2.19. The normalized spacial score (nSPS) is 10.7. The standard InChI is InChI=1S/C22H15Cl3N4OS2/c23-14-7-5-13(6-8-14)12-31-19-4-2-1-3-16(19)20-28-29-22(32-20)27-21(30)26-15-9-10-17(24)18(25)11-15/h1-11H,12H2,(H2,26,27,29,30). The molecule has 0 aliphatic carbocycles. The zero-order chi connectivity index (χ0) is 22.5. The molecule has 2 N–H and O–H groups in total. The summed E-state index contributed by atoms with van der Waals surface area (Å²) in [6.07, 6.45) is 0. The van der Waals surface area contributed by atoms with Gasteiger partial charge in [-0.15, -0.1) is 22.0 Å². The van der Waals surface area contributed by atoms with E-state index < -0.39 is 6.03 Å². The molecule has 4 aromatic rings. The number of hydrogen-bond acceptors (Lipinski definition) is 5. The quantitative estimate of drug-likeness (QED) is 0.252. The van der Waals surface area contributed by atoms with Crippen LogP contribution in [0.1, 0.15) is 5.56 Å². The van der Waals surface area contributed by atoms with Gasteiger partial charge in [0.15, 0.2) is 5.01 Å². The zero-order valence-corrected chi connectivity index (χ0v) is 20.2. The summed E-state index contributed by atoms with van der Waals surface area (Å²) in [4.78, 5) is 13.4. The van der Waals surface area contributed by atoms with E-state index in [2.05, 4.69) is 20.8 Å². The summed E-state index contributed by atoms with van der Waals surface area (Å²) in [5.74, 6) is 0.796. The highest BCUT2D eigenvalue weighted by Gasteiger charge is 2.13. The fraction of sp³-hybridized carbons (Fsp3) is 0.0455. The van der Waals surface area contributed by atoms with Crippen molar-refractivity contribution in [1.29, 1.82) is 0 Å². The fourth-order valence-corrected chi connectivity index (χ4v) is 5.00. The van der Waals surface area contributed by atoms with Crippen LogP contribution in [0.5, 0.6) is 0 Å². The summed E-state index contributed by atoms with van der Waals surface area (Å²) in [7, 11) is 0. The lowest BCUT2D eigenvalue weighted by atomic mass is 10.2. The van der Waals surface area contributed by atoms with Crippen LogP contribution in [0.25, 0.3) is 10.6 Å². The van der Waals surface area contributed by atoms with Gasteiger partial charge in [-0.05, 0) is 42.0 Å². The van der Waals surface area contributed by atoms with Gasteiger partial charge in [0, 0.05) is 26.9 Å². The first-order chi connectivity index (χ1) is 15.5. The number of carbonyl (C=O) groups is 1. The molecule has 0 atom stereocenters. The van der Waals surface area contributed by atoms with E-state index in [4.69, 9.17) is 34.8 Å². The van der Waals surface area contributed by atoms with Gasteiger partial charge in [-0.2, -0.15) is 0 Å². The summed E-state index contributed by atoms with van der Waals surface area (Å²) in [5.41, 5.74) is 2.65. The van der Waals surface area contributed by atoms with Crippen molar-refractivity contribution in [3.8, 4) is 10.6 Å². The molecule has 0 aliphatic rings. The number of nitrogens with zero attached hydrogens (tertiary/aromatic N) is 2. The first-order valence-corrected chi connectivity index (χ1v) is 12.2. The Balaban J connectivity index is 1.43. The van der Waals surface area contributed by atoms with Crippen LogP contribution in [0.3, 0.4) is 0 Å². The summed E-state index contributed by atoms with van der Waals surface area (Å²) in [6, 6.07) is 20.2. The topological polar surface area (TPSA) is 66.9 Å². The molecule has 0 aliphatic heterocycles. The monoisotopic (exact) mass is 520 g/mol. The van der Waals surface area contributed by atoms with Crippen LogP contribution in [0, 0.1) is 0 Å². The van der Waals surface area contributed by atoms with Gasteiger partial charge in [0.05, 0.1) is 10.0 Å². The van der Waals surface area contributed by atoms with Crippen molar-refractivity contribution < 1.29 is 4.79 Å². The maximum atomic E-state index is 12.3. The first-order valence-electron chi connectivity index (χ1n) is 9.31. The molecule has 0 unspecified atom stereocenters. The lowest BCUT2D eigenvalue weighted by Gasteiger charge is -2.07. The second kappa shape index (κ2) is 10.6. The average Bonchev–Trinajstić information content (AvgIpc) is 3.24. The molecule has 3 aromatic carbocycles. The van der Waals surface area contributed by atoms with E-state index in [9.17, 15) is 4.79 Å². The lowest BCUT2D eigenvalue weighted by molar-refractivity contribution is 0.262. The van der Waals surface area contributed by atoms with Crippen molar-refractivity contribution in [3.63, 3.8) is 0 Å². The number of rotatable bonds is 6. The highest BCUT2D eigenvalue weighted by Crippen LogP contribution is 2.36. The van der Waals surface area contributed by atoms with Gasteiger partial charge < -0.3 is 5.32 Å². The van der Waals surface area contributed by atoms with E-state index in [1.807, 2.05) is 48.5 Å². The molecular weight excluding hydrogens is 507 g/mol. The van der Waals surface area contributed by atoms with Gasteiger partial charge in [0.25, 0.3) is 0 Å². The number of anilines is 2. The Morgan fingerprint density at radius 2 is 1.69 bits per heavy atom. The molecule has 0 spiro atoms. The largest absolute Gasteiger partial charge is 0.325 e. The van der Waals surface area contributed by atoms with E-state index >= 15 is 0 Å². The molecule has 1 aromatic heterocycles. The van der Waals surface area contributed by atoms with Crippen molar-refractivity contribution in [2.24, 2.45) is 0 Å². The SMILES string of the molecule is O=C(Nc1ccc(Cl)c(Cl)c1)Nc1nnc(-c2ccccc2SCc2ccc(Cl)cc2)s1. The van der Waals surface area contributed by atoms with Crippen LogP contribution in [-0.2, 0) is 5.75 Å². The maximum absolute atomic E-state index is 12.3. The minimum atomic E-state index is -0.448. The first kappa shape index (κ1) is 22.9. The highest BCUT2D eigenvalue weighted by atomic mass is 35.5. The Morgan fingerprint density at radius 3 is 2.47 bits per heavy atom. The molecule has 5 nitrogen and oxygen atoms in total. The number of benzene rings is 3. The predicted octanol–water partition coefficient (Wildman–Crippen LogP) is 8.10. The van der Waals surface area contributed by atoms with Crippen molar-refractivity contribution in [2.45, 2.75) is 10.6 Å². The molecule has 0 saturated heterocycles. The summed E-state index contributed by atoms with van der Waals surface area (Å²) in [6.45, 7) is 0. The highest BCUT2D eigenvalue weighted by molar-refractivity contribution is 7.98. The minimum Gasteiger partial charge on any atom is -0.308 e. The van der Waals surface area contributed by atoms with Gasteiger partial charge in [-0.25, -0.2) is 4.79 Å². The number of hydrogen-bond donors (Lipinski definition) is 2. The number of amides is 2. The summed E-state index contributed by atoms with van der Waals surface area (Å²) < 4.78 is 0. The van der Waals surface area contributed by atoms with Crippen LogP contribution in [0.2, 0.25) is 15.1 Å². The summed E-state index contributed by atoms with van der Waals surface area (Å²) >= 11 is 20.8. The average molecular weight is 522 g/mol. The predicted molar refractivity (Wildman–Crippen MR) is 135 cm³/mol. The molecule has 10 heteroatoms.